The highest BCUT2D eigenvalue weighted by molar-refractivity contribution is 7.14. The topological polar surface area (TPSA) is 438 Å². The molecular weight excluding hydrogens is 1570 g/mol. The van der Waals surface area contributed by atoms with Gasteiger partial charge in [-0.3, -0.25) is 73.1 Å². The van der Waals surface area contributed by atoms with Crippen molar-refractivity contribution in [2.24, 2.45) is 29.4 Å². The van der Waals surface area contributed by atoms with E-state index in [0.717, 1.165) is 102 Å². The number of nitrogens with zero attached hydrogens (tertiary/aromatic N) is 20. The molecule has 20 rings (SSSR count). The number of likely N-dealkylation sites (N-methyl/N-ethyl adjacent to an activating group) is 4. The quantitative estimate of drug-likeness (QED) is 0.0651. The van der Waals surface area contributed by atoms with Crippen LogP contribution in [0.3, 0.4) is 0 Å². The molecule has 4 aliphatic heterocycles. The molecule has 4 saturated carbocycles. The van der Waals surface area contributed by atoms with Gasteiger partial charge in [-0.05, 0) is 66.0 Å². The third kappa shape index (κ3) is 17.2. The van der Waals surface area contributed by atoms with Crippen LogP contribution in [-0.2, 0) is 44.9 Å². The highest BCUT2D eigenvalue weighted by Gasteiger charge is 2.57. The fraction of sp³-hybridized carbons (Fsp3) is 0.300. The van der Waals surface area contributed by atoms with Gasteiger partial charge >= 0.3 is 5.97 Å². The summed E-state index contributed by atoms with van der Waals surface area (Å²) in [6.07, 6.45) is 29.3. The van der Waals surface area contributed by atoms with Gasteiger partial charge in [0, 0.05) is 127 Å². The minimum absolute atomic E-state index is 0.0276. The zero-order chi connectivity index (χ0) is 81.1. The first-order valence-corrected chi connectivity index (χ1v) is 40.7. The maximum absolute atomic E-state index is 13.0. The molecule has 590 valence electrons. The Hall–Kier alpha value is -12.9. The van der Waals surface area contributed by atoms with Crippen LogP contribution in [0.15, 0.2) is 170 Å². The van der Waals surface area contributed by atoms with Crippen LogP contribution in [0.4, 0.5) is 23.3 Å². The van der Waals surface area contributed by atoms with E-state index in [9.17, 15) is 38.4 Å². The van der Waals surface area contributed by atoms with Crippen molar-refractivity contribution in [1.29, 1.82) is 0 Å². The highest BCUT2D eigenvalue weighted by atomic mass is 32.1. The summed E-state index contributed by atoms with van der Waals surface area (Å²) in [4.78, 5) is 140. The summed E-state index contributed by atoms with van der Waals surface area (Å²) in [6, 6.07) is 27.3. The number of allylic oxidation sites excluding steroid dienone is 6. The number of aromatic carboxylic acids is 1. The molecule has 8 aromatic heterocycles. The Morgan fingerprint density at radius 3 is 1.03 bits per heavy atom. The van der Waals surface area contributed by atoms with E-state index in [-0.39, 0.29) is 103 Å². The summed E-state index contributed by atoms with van der Waals surface area (Å²) >= 11 is 4.85. The van der Waals surface area contributed by atoms with Crippen LogP contribution < -0.4 is 41.3 Å². The number of carboxylic acid groups (broad SMARTS) is 1. The molecule has 0 saturated heterocycles. The fourth-order valence-electron chi connectivity index (χ4n) is 14.9. The van der Waals surface area contributed by atoms with Crippen LogP contribution >= 0.6 is 45.3 Å². The number of amides is 7. The van der Waals surface area contributed by atoms with Crippen molar-refractivity contribution in [2.45, 2.75) is 99.2 Å². The molecule has 33 nitrogen and oxygen atoms in total. The van der Waals surface area contributed by atoms with Gasteiger partial charge in [0.1, 0.15) is 50.3 Å². The van der Waals surface area contributed by atoms with Crippen molar-refractivity contribution < 1.29 is 43.5 Å². The van der Waals surface area contributed by atoms with Gasteiger partial charge in [-0.15, -0.1) is 40.8 Å². The smallest absolute Gasteiger partial charge is 0.367 e. The standard InChI is InChI=1S/2C20H18N6O2S.C20H16N6O2S.C10H12N4O.C10H8N2O2S/c3*1-26-17-15(21-7-8-22-17)12-10-13(12)16(20(26)28)23-18(27)19-25-24-14(29-19)9-11-5-3-2-4-6-11;1-14-9-8(12-2-3-13-9)6-4-5(6)7(11)10(14)15;13-10(14)9-12-11-8(15-9)6-7-4-2-1-3-5-7/h2*2-8,12-13,16H,9-10H2,1H3,(H,23,27);3-8,12-13,16H,9-10H2,1H3;2-3,5-7H,4,11H2,1H3;1-5H,6H2,(H,13,14)/p+1/t12-,13?,16+;2*12-,13+,16+;5?,6-,7+;/m1011./s1. The normalized spacial score (nSPS) is 22.7. The molecule has 12 heterocycles. The first-order chi connectivity index (χ1) is 56.8. The molecule has 37 heteroatoms. The zero-order valence-electron chi connectivity index (χ0n) is 63.0. The predicted molar refractivity (Wildman–Crippen MR) is 430 cm³/mol. The second-order valence-electron chi connectivity index (χ2n) is 28.9. The van der Waals surface area contributed by atoms with Crippen LogP contribution in [0.25, 0.3) is 0 Å². The Morgan fingerprint density at radius 2 is 0.709 bits per heavy atom. The number of hydrogen-bond donors (Lipinski definition) is 5. The van der Waals surface area contributed by atoms with E-state index in [4.69, 9.17) is 10.8 Å². The first kappa shape index (κ1) is 78.0. The summed E-state index contributed by atoms with van der Waals surface area (Å²) in [6.45, 7) is 0. The Balaban J connectivity index is 0.000000112. The number of rotatable bonds is 15. The van der Waals surface area contributed by atoms with Crippen molar-refractivity contribution >= 4 is 116 Å². The van der Waals surface area contributed by atoms with Crippen LogP contribution in [0.5, 0.6) is 0 Å². The van der Waals surface area contributed by atoms with Crippen molar-refractivity contribution in [3.05, 3.63) is 256 Å². The lowest BCUT2D eigenvalue weighted by atomic mass is 10.1. The molecule has 2 unspecified atom stereocenters. The van der Waals surface area contributed by atoms with E-state index in [1.165, 1.54) is 53.6 Å². The third-order valence-electron chi connectivity index (χ3n) is 21.2. The zero-order valence-corrected chi connectivity index (χ0v) is 66.3. The predicted octanol–water partition coefficient (Wildman–Crippen LogP) is 6.91. The number of benzene rings is 3. The molecule has 9 aliphatic rings. The number of hydrogen-bond acceptors (Lipinski definition) is 29. The van der Waals surface area contributed by atoms with Crippen molar-refractivity contribution in [3.8, 4) is 0 Å². The van der Waals surface area contributed by atoms with Gasteiger partial charge in [0.05, 0.1) is 53.0 Å². The van der Waals surface area contributed by atoms with Crippen molar-refractivity contribution in [1.82, 2.24) is 96.6 Å². The van der Waals surface area contributed by atoms with Gasteiger partial charge in [0.15, 0.2) is 23.3 Å². The molecule has 6 N–H and O–H groups in total. The summed E-state index contributed by atoms with van der Waals surface area (Å²) in [5, 5.41) is 53.0. The Kier molecular flexibility index (Phi) is 22.6. The van der Waals surface area contributed by atoms with Gasteiger partial charge in [0.2, 0.25) is 25.9 Å². The van der Waals surface area contributed by atoms with Gasteiger partial charge in [-0.1, -0.05) is 136 Å². The van der Waals surface area contributed by atoms with Gasteiger partial charge in [-0.2, -0.15) is 0 Å². The lowest BCUT2D eigenvalue weighted by Crippen LogP contribution is -2.48. The molecule has 11 aromatic rings. The lowest BCUT2D eigenvalue weighted by Gasteiger charge is -2.22. The molecule has 4 fully saturated rings. The second kappa shape index (κ2) is 33.9. The Bertz CT molecular complexity index is 5540. The van der Waals surface area contributed by atoms with E-state index in [2.05, 4.69) is 103 Å². The minimum atomic E-state index is -1.02. The van der Waals surface area contributed by atoms with E-state index in [1.807, 2.05) is 115 Å². The van der Waals surface area contributed by atoms with E-state index >= 15 is 0 Å². The van der Waals surface area contributed by atoms with Crippen LogP contribution in [0.2, 0.25) is 0 Å². The average Bonchev–Trinajstić information content (AvgIpc) is 1.61. The number of nitrogens with two attached hydrogens (primary N) is 1. The van der Waals surface area contributed by atoms with Crippen molar-refractivity contribution in [3.63, 3.8) is 0 Å². The Morgan fingerprint density at radius 1 is 0.410 bits per heavy atom. The molecule has 0 spiro atoms. The van der Waals surface area contributed by atoms with E-state index in [1.54, 1.807) is 77.8 Å². The second-order valence-corrected chi connectivity index (χ2v) is 33.2. The van der Waals surface area contributed by atoms with Crippen LogP contribution in [-0.4, -0.2) is 185 Å². The van der Waals surface area contributed by atoms with Gasteiger partial charge < -0.3 is 26.8 Å². The lowest BCUT2D eigenvalue weighted by molar-refractivity contribution is -0.121. The number of aromatic nitrogens is 16. The summed E-state index contributed by atoms with van der Waals surface area (Å²) in [5.41, 5.74) is 13.7. The Labute approximate surface area is 684 Å². The molecule has 12 atom stereocenters. The summed E-state index contributed by atoms with van der Waals surface area (Å²) in [5.74, 6) is 0.745. The maximum atomic E-state index is 13.0. The molecular formula is C80H73N24O9S4+. The molecule has 0 radical (unpaired) electrons. The minimum Gasteiger partial charge on any atom is -0.476 e. The summed E-state index contributed by atoms with van der Waals surface area (Å²) in [7, 11) is 6.71. The number of carbonyl (C=O) groups excluding carboxylic acids is 7. The first-order valence-electron chi connectivity index (χ1n) is 37.4. The number of carboxylic acids is 1. The number of anilines is 4. The van der Waals surface area contributed by atoms with Gasteiger partial charge in [0.25, 0.3) is 35.4 Å². The van der Waals surface area contributed by atoms with Crippen molar-refractivity contribution in [2.75, 3.05) is 47.8 Å². The number of carbonyl (C=O) groups is 8. The van der Waals surface area contributed by atoms with Gasteiger partial charge in [-0.25, -0.2) is 24.7 Å². The molecule has 3 aromatic carbocycles. The molecule has 7 amide bonds. The van der Waals surface area contributed by atoms with Crippen LogP contribution in [0, 0.1) is 29.7 Å². The molecule has 0 bridgehead atoms. The molecule has 117 heavy (non-hydrogen) atoms. The summed E-state index contributed by atoms with van der Waals surface area (Å²) < 4.78 is 0. The molecule has 5 aliphatic carbocycles. The largest absolute Gasteiger partial charge is 0.476 e. The third-order valence-corrected chi connectivity index (χ3v) is 24.9. The van der Waals surface area contributed by atoms with E-state index < -0.39 is 30.1 Å². The SMILES string of the molecule is CN1C(=O)[C@@H](N)C2C[C@H]2c2nccnc21.CN1C(=O)[C@@H](NC(=O)c2nnc(CC3=CC=[C+]C=C3)s2)[C@H]2C[C@H]2c2nccnc21.CN1C(=O)[C@@H](NC(=O)c2nnc(Cc3ccccc3)s2)C2C[C@H]2c2nccnc21.CN1C(=O)[C@H](NC(=O)c2nnc(Cc3ccccc3)s2)[C@@H]2C[C@@H]2c2nccnc21.O=C(O)c1nnc(Cc2ccccc2)s1. The highest BCUT2D eigenvalue weighted by Crippen LogP contribution is 2.56. The fourth-order valence-corrected chi connectivity index (χ4v) is 17.9. The monoisotopic (exact) mass is 1640 g/mol. The van der Waals surface area contributed by atoms with Crippen LogP contribution in [0.1, 0.15) is 148 Å². The van der Waals surface area contributed by atoms with E-state index in [0.29, 0.717) is 54.9 Å². The average molecular weight is 1640 g/mol. The number of fused-ring (bicyclic) bond motifs is 12. The number of nitrogens with one attached hydrogen (secondary N) is 3. The maximum Gasteiger partial charge on any atom is 0.367 e.